The maximum absolute atomic E-state index is 13.4. The number of hydrogen-bond donors (Lipinski definition) is 2. The molecule has 204 valence electrons. The second-order valence-electron chi connectivity index (χ2n) is 13.2. The van der Waals surface area contributed by atoms with Crippen LogP contribution in [0.3, 0.4) is 0 Å². The van der Waals surface area contributed by atoms with Gasteiger partial charge in [0, 0.05) is 37.6 Å². The molecule has 3 atom stereocenters. The van der Waals surface area contributed by atoms with Gasteiger partial charge in [-0.2, -0.15) is 0 Å². The van der Waals surface area contributed by atoms with E-state index in [2.05, 4.69) is 43.0 Å². The average molecular weight is 511 g/mol. The monoisotopic (exact) mass is 510 g/mol. The Bertz CT molecular complexity index is 974. The molecule has 7 heteroatoms. The van der Waals surface area contributed by atoms with Gasteiger partial charge in [-0.25, -0.2) is 4.79 Å². The third-order valence-electron chi connectivity index (χ3n) is 10.4. The zero-order valence-corrected chi connectivity index (χ0v) is 22.8. The van der Waals surface area contributed by atoms with Crippen molar-refractivity contribution in [1.82, 2.24) is 14.7 Å². The van der Waals surface area contributed by atoms with Gasteiger partial charge in [0.2, 0.25) is 5.91 Å². The summed E-state index contributed by atoms with van der Waals surface area (Å²) in [6, 6.07) is 10.5. The van der Waals surface area contributed by atoms with Crippen LogP contribution in [0.25, 0.3) is 0 Å². The van der Waals surface area contributed by atoms with Gasteiger partial charge in [-0.15, -0.1) is 0 Å². The van der Waals surface area contributed by atoms with Gasteiger partial charge in [0.1, 0.15) is 0 Å². The van der Waals surface area contributed by atoms with Crippen LogP contribution in [0.4, 0.5) is 4.79 Å². The minimum Gasteiger partial charge on any atom is -0.387 e. The number of rotatable bonds is 5. The van der Waals surface area contributed by atoms with Gasteiger partial charge in [0.15, 0.2) is 0 Å². The van der Waals surface area contributed by atoms with E-state index in [1.165, 1.54) is 18.4 Å². The van der Waals surface area contributed by atoms with E-state index in [1.807, 2.05) is 11.0 Å². The number of nitrogens with zero attached hydrogens (tertiary/aromatic N) is 3. The van der Waals surface area contributed by atoms with Gasteiger partial charge in [-0.05, 0) is 68.3 Å². The first-order valence-corrected chi connectivity index (χ1v) is 14.4. The van der Waals surface area contributed by atoms with E-state index in [4.69, 9.17) is 5.73 Å². The lowest BCUT2D eigenvalue weighted by Crippen LogP contribution is -2.68. The van der Waals surface area contributed by atoms with Crippen molar-refractivity contribution in [2.24, 2.45) is 22.5 Å². The molecule has 1 spiro atoms. The number of amides is 3. The number of carbonyl (C=O) groups excluding carboxylic acids is 2. The van der Waals surface area contributed by atoms with Crippen molar-refractivity contribution in [3.8, 4) is 0 Å². The topological polar surface area (TPSA) is 90.1 Å². The number of carbonyl (C=O) groups is 2. The normalized spacial score (nSPS) is 33.3. The Balaban J connectivity index is 1.32. The molecule has 4 aliphatic rings. The molecular weight excluding hydrogens is 464 g/mol. The number of piperazine rings is 1. The smallest absolute Gasteiger partial charge is 0.314 e. The van der Waals surface area contributed by atoms with Crippen molar-refractivity contribution in [2.45, 2.75) is 83.3 Å². The number of urea groups is 1. The van der Waals surface area contributed by atoms with Crippen molar-refractivity contribution in [1.29, 1.82) is 0 Å². The minimum absolute atomic E-state index is 0.134. The molecule has 2 aliphatic heterocycles. The zero-order valence-electron chi connectivity index (χ0n) is 22.8. The van der Waals surface area contributed by atoms with E-state index in [9.17, 15) is 14.7 Å². The van der Waals surface area contributed by atoms with Crippen molar-refractivity contribution in [2.75, 3.05) is 39.3 Å². The summed E-state index contributed by atoms with van der Waals surface area (Å²) in [5.41, 5.74) is 5.94. The van der Waals surface area contributed by atoms with Gasteiger partial charge in [0.05, 0.1) is 18.7 Å². The molecule has 4 fully saturated rings. The summed E-state index contributed by atoms with van der Waals surface area (Å²) >= 11 is 0. The molecule has 5 rings (SSSR count). The number of nitrogens with two attached hydrogens (primary N) is 1. The molecule has 0 aromatic heterocycles. The first-order valence-electron chi connectivity index (χ1n) is 14.4. The lowest BCUT2D eigenvalue weighted by atomic mass is 9.60. The van der Waals surface area contributed by atoms with Crippen LogP contribution in [0.5, 0.6) is 0 Å². The molecule has 2 aliphatic carbocycles. The Morgan fingerprint density at radius 3 is 2.43 bits per heavy atom. The molecule has 37 heavy (non-hydrogen) atoms. The molecule has 2 saturated heterocycles. The Morgan fingerprint density at radius 1 is 1.03 bits per heavy atom. The average Bonchev–Trinajstić information content (AvgIpc) is 3.26. The third-order valence-corrected chi connectivity index (χ3v) is 10.4. The molecule has 1 aromatic rings. The minimum atomic E-state index is -1.03. The summed E-state index contributed by atoms with van der Waals surface area (Å²) in [5.74, 6) is 0.374. The first kappa shape index (κ1) is 26.5. The molecule has 7 nitrogen and oxygen atoms in total. The van der Waals surface area contributed by atoms with Gasteiger partial charge >= 0.3 is 6.03 Å². The molecule has 1 aromatic carbocycles. The Kier molecular flexibility index (Phi) is 7.31. The quantitative estimate of drug-likeness (QED) is 0.633. The van der Waals surface area contributed by atoms with Crippen LogP contribution in [0.1, 0.15) is 70.8 Å². The highest BCUT2D eigenvalue weighted by Crippen LogP contribution is 2.55. The molecule has 3 N–H and O–H groups in total. The van der Waals surface area contributed by atoms with E-state index in [1.54, 1.807) is 4.90 Å². The maximum Gasteiger partial charge on any atom is 0.314 e. The van der Waals surface area contributed by atoms with Gasteiger partial charge in [0.25, 0.3) is 0 Å². The molecule has 3 unspecified atom stereocenters. The van der Waals surface area contributed by atoms with E-state index in [0.29, 0.717) is 50.6 Å². The third kappa shape index (κ3) is 5.26. The second-order valence-corrected chi connectivity index (χ2v) is 13.2. The van der Waals surface area contributed by atoms with E-state index in [0.717, 1.165) is 45.1 Å². The summed E-state index contributed by atoms with van der Waals surface area (Å²) in [6.07, 6.45) is 8.99. The maximum atomic E-state index is 13.4. The number of primary amides is 1. The van der Waals surface area contributed by atoms with Crippen LogP contribution in [-0.4, -0.2) is 82.7 Å². The molecule has 2 heterocycles. The number of β-amino-alcohol motifs (C(OH)–C–C–N with tert-alkyl or cyclic N) is 1. The largest absolute Gasteiger partial charge is 0.387 e. The fourth-order valence-electron chi connectivity index (χ4n) is 7.99. The van der Waals surface area contributed by atoms with E-state index < -0.39 is 17.0 Å². The fourth-order valence-corrected chi connectivity index (χ4v) is 7.99. The van der Waals surface area contributed by atoms with Crippen LogP contribution in [0.2, 0.25) is 0 Å². The molecule has 0 radical (unpaired) electrons. The summed E-state index contributed by atoms with van der Waals surface area (Å²) < 4.78 is 0. The fraction of sp³-hybridized carbons (Fsp3) is 0.733. The zero-order chi connectivity index (χ0) is 26.3. The summed E-state index contributed by atoms with van der Waals surface area (Å²) in [7, 11) is 0. The second kappa shape index (κ2) is 10.2. The van der Waals surface area contributed by atoms with Crippen molar-refractivity contribution < 1.29 is 14.7 Å². The summed E-state index contributed by atoms with van der Waals surface area (Å²) in [5, 5.41) is 12.4. The highest BCUT2D eigenvalue weighted by Gasteiger charge is 2.60. The molecule has 3 amide bonds. The Labute approximate surface area is 222 Å². The van der Waals surface area contributed by atoms with Crippen molar-refractivity contribution in [3.05, 3.63) is 35.9 Å². The molecular formula is C30H46N4O3. The van der Waals surface area contributed by atoms with Crippen LogP contribution in [-0.2, 0) is 11.2 Å². The summed E-state index contributed by atoms with van der Waals surface area (Å²) in [6.45, 7) is 7.96. The van der Waals surface area contributed by atoms with Crippen LogP contribution >= 0.6 is 0 Å². The standard InChI is InChI=1S/C30H46N4O3/c1-28(2)13-10-25(11-14-28)32-17-18-33(26(35)20-32)22-30(37)15-16-34(27(31)36)21-29(30)12-6-9-24(29)19-23-7-4-3-5-8-23/h3-5,7-8,24-25,37H,6,9-22H2,1-2H3,(H2,31,36). The highest BCUT2D eigenvalue weighted by molar-refractivity contribution is 5.79. The van der Waals surface area contributed by atoms with E-state index in [-0.39, 0.29) is 11.8 Å². The predicted octanol–water partition coefficient (Wildman–Crippen LogP) is 3.64. The number of aliphatic hydroxyl groups is 1. The van der Waals surface area contributed by atoms with Crippen LogP contribution < -0.4 is 5.73 Å². The highest BCUT2D eigenvalue weighted by atomic mass is 16.3. The van der Waals surface area contributed by atoms with E-state index >= 15 is 0 Å². The SMILES string of the molecule is CC1(C)CCC(N2CCN(CC3(O)CCN(C(N)=O)CC34CCCC4Cc3ccccc3)C(=O)C2)CC1. The van der Waals surface area contributed by atoms with Crippen molar-refractivity contribution >= 4 is 11.9 Å². The Morgan fingerprint density at radius 2 is 1.76 bits per heavy atom. The Hall–Kier alpha value is -2.12. The lowest BCUT2D eigenvalue weighted by molar-refractivity contribution is -0.170. The van der Waals surface area contributed by atoms with Gasteiger partial charge < -0.3 is 20.6 Å². The number of likely N-dealkylation sites (tertiary alicyclic amines) is 1. The van der Waals surface area contributed by atoms with Crippen LogP contribution in [0, 0.1) is 16.7 Å². The molecule has 0 bridgehead atoms. The van der Waals surface area contributed by atoms with Crippen molar-refractivity contribution in [3.63, 3.8) is 0 Å². The molecule has 2 saturated carbocycles. The first-order chi connectivity index (χ1) is 17.6. The number of hydrogen-bond acceptors (Lipinski definition) is 4. The number of piperidine rings is 1. The van der Waals surface area contributed by atoms with Crippen LogP contribution in [0.15, 0.2) is 30.3 Å². The lowest BCUT2D eigenvalue weighted by Gasteiger charge is -2.56. The number of benzene rings is 1. The van der Waals surface area contributed by atoms with Gasteiger partial charge in [-0.3, -0.25) is 9.69 Å². The predicted molar refractivity (Wildman–Crippen MR) is 145 cm³/mol. The summed E-state index contributed by atoms with van der Waals surface area (Å²) in [4.78, 5) is 31.7. The van der Waals surface area contributed by atoms with Gasteiger partial charge in [-0.1, -0.05) is 50.6 Å².